The van der Waals surface area contributed by atoms with Crippen molar-refractivity contribution in [1.82, 2.24) is 5.12 Å². The van der Waals surface area contributed by atoms with Gasteiger partial charge in [0, 0.05) is 16.3 Å². The summed E-state index contributed by atoms with van der Waals surface area (Å²) in [5.41, 5.74) is 8.06. The Morgan fingerprint density at radius 3 is 2.28 bits per heavy atom. The maximum Gasteiger partial charge on any atom is 0.255 e. The molecule has 0 spiro atoms. The van der Waals surface area contributed by atoms with E-state index in [0.717, 1.165) is 11.0 Å². The minimum atomic E-state index is -3.84. The van der Waals surface area contributed by atoms with E-state index in [4.69, 9.17) is 23.2 Å². The van der Waals surface area contributed by atoms with Gasteiger partial charge < -0.3 is 5.73 Å². The average Bonchev–Trinajstić information content (AvgIpc) is 2.90. The van der Waals surface area contributed by atoms with Gasteiger partial charge in [-0.2, -0.15) is 0 Å². The zero-order chi connectivity index (χ0) is 29.8. The predicted molar refractivity (Wildman–Crippen MR) is 165 cm³/mol. The quantitative estimate of drug-likeness (QED) is 0.0868. The molecule has 0 heterocycles. The molecule has 0 aliphatic carbocycles. The fourth-order valence-electron chi connectivity index (χ4n) is 2.77. The lowest BCUT2D eigenvalue weighted by molar-refractivity contribution is 0.290. The summed E-state index contributed by atoms with van der Waals surface area (Å²) in [6, 6.07) is 19.2. The number of benzene rings is 3. The van der Waals surface area contributed by atoms with Crippen molar-refractivity contribution in [3.8, 4) is 0 Å². The maximum absolute atomic E-state index is 13.2. The van der Waals surface area contributed by atoms with Crippen molar-refractivity contribution in [2.24, 2.45) is 16.7 Å². The maximum atomic E-state index is 13.2. The van der Waals surface area contributed by atoms with Gasteiger partial charge in [-0.1, -0.05) is 81.8 Å². The third-order valence-electron chi connectivity index (χ3n) is 4.18. The number of hydrogen-bond acceptors (Lipinski definition) is 5. The lowest BCUT2D eigenvalue weighted by Crippen LogP contribution is -2.29. The summed E-state index contributed by atoms with van der Waals surface area (Å²) in [4.78, 5) is 0. The zero-order valence-corrected chi connectivity index (χ0v) is 24.7. The Labute approximate surface area is 237 Å². The van der Waals surface area contributed by atoms with Gasteiger partial charge in [0.15, 0.2) is 5.84 Å². The molecular formula is C29H39ClFN5O2S. The Hall–Kier alpha value is -3.66. The molecule has 212 valence electrons. The first-order valence-electron chi connectivity index (χ1n) is 12.4. The fourth-order valence-corrected chi connectivity index (χ4v) is 3.85. The Kier molecular flexibility index (Phi) is 17.6. The molecule has 0 atom stereocenters. The largest absolute Gasteiger partial charge is 0.382 e. The molecule has 3 aromatic rings. The SMILES string of the molecule is C=CC.CC.CC.N/C(=N\N(N)Cc1cccc(Cl)c1)c1cccc(NS(=O)(=O)/C=C/c2cccc(F)c2)c1. The highest BCUT2D eigenvalue weighted by Crippen LogP contribution is 2.15. The van der Waals surface area contributed by atoms with E-state index in [1.54, 1.807) is 48.5 Å². The molecule has 0 fully saturated rings. The predicted octanol–water partition coefficient (Wildman–Crippen LogP) is 7.13. The van der Waals surface area contributed by atoms with E-state index < -0.39 is 15.8 Å². The van der Waals surface area contributed by atoms with E-state index in [1.807, 2.05) is 40.7 Å². The first-order valence-corrected chi connectivity index (χ1v) is 14.3. The summed E-state index contributed by atoms with van der Waals surface area (Å²) in [7, 11) is -3.84. The molecule has 0 aliphatic heterocycles. The van der Waals surface area contributed by atoms with Gasteiger partial charge in [-0.15, -0.1) is 11.7 Å². The second-order valence-electron chi connectivity index (χ2n) is 7.21. The second-order valence-corrected chi connectivity index (χ2v) is 9.21. The number of sulfonamides is 1. The molecule has 0 unspecified atom stereocenters. The van der Waals surface area contributed by atoms with Crippen LogP contribution in [0, 0.1) is 5.82 Å². The lowest BCUT2D eigenvalue weighted by Gasteiger charge is -2.14. The van der Waals surface area contributed by atoms with E-state index in [9.17, 15) is 12.8 Å². The van der Waals surface area contributed by atoms with Gasteiger partial charge in [0.1, 0.15) is 5.82 Å². The highest BCUT2D eigenvalue weighted by Gasteiger charge is 2.09. The standard InChI is InChI=1S/C22H21ClFN5O2S.C3H6.2C2H6/c23-19-7-1-5-17(12-19)15-29(26)27-22(25)18-6-3-9-21(14-18)28-32(30,31)11-10-16-4-2-8-20(24)13-16;1-3-2;2*1-2/h1-14,28H,15,26H2,(H2,25,27);3H,1H2,2H3;2*1-2H3/b11-10+;;;. The van der Waals surface area contributed by atoms with Crippen LogP contribution in [0.2, 0.25) is 5.02 Å². The molecule has 0 saturated carbocycles. The summed E-state index contributed by atoms with van der Waals surface area (Å²) >= 11 is 5.97. The van der Waals surface area contributed by atoms with Crippen LogP contribution in [-0.4, -0.2) is 19.4 Å². The summed E-state index contributed by atoms with van der Waals surface area (Å²) in [5, 5.41) is 6.84. The van der Waals surface area contributed by atoms with Crippen molar-refractivity contribution in [3.05, 3.63) is 118 Å². The van der Waals surface area contributed by atoms with Gasteiger partial charge in [0.25, 0.3) is 10.0 Å². The van der Waals surface area contributed by atoms with Crippen molar-refractivity contribution in [3.63, 3.8) is 0 Å². The molecule has 0 aliphatic rings. The number of nitrogens with two attached hydrogens (primary N) is 2. The van der Waals surface area contributed by atoms with Crippen molar-refractivity contribution in [1.29, 1.82) is 0 Å². The third-order valence-corrected chi connectivity index (χ3v) is 5.43. The smallest absolute Gasteiger partial charge is 0.255 e. The van der Waals surface area contributed by atoms with Gasteiger partial charge in [-0.05, 0) is 60.5 Å². The number of anilines is 1. The molecule has 0 radical (unpaired) electrons. The van der Waals surface area contributed by atoms with Gasteiger partial charge >= 0.3 is 0 Å². The highest BCUT2D eigenvalue weighted by atomic mass is 35.5. The monoisotopic (exact) mass is 575 g/mol. The normalized spacial score (nSPS) is 10.6. The third kappa shape index (κ3) is 14.8. The van der Waals surface area contributed by atoms with Gasteiger partial charge in [0.05, 0.1) is 12.0 Å². The number of rotatable bonds is 8. The van der Waals surface area contributed by atoms with Gasteiger partial charge in [-0.3, -0.25) is 4.72 Å². The van der Waals surface area contributed by atoms with E-state index in [0.29, 0.717) is 16.1 Å². The van der Waals surface area contributed by atoms with Crippen LogP contribution < -0.4 is 16.3 Å². The van der Waals surface area contributed by atoms with Crippen LogP contribution in [-0.2, 0) is 16.6 Å². The first-order chi connectivity index (χ1) is 18.6. The molecule has 39 heavy (non-hydrogen) atoms. The molecule has 0 bridgehead atoms. The molecule has 3 aromatic carbocycles. The first kappa shape index (κ1) is 35.3. The van der Waals surface area contributed by atoms with Crippen molar-refractivity contribution in [2.45, 2.75) is 41.2 Å². The Bertz CT molecular complexity index is 1310. The lowest BCUT2D eigenvalue weighted by atomic mass is 10.2. The van der Waals surface area contributed by atoms with Crippen molar-refractivity contribution < 1.29 is 12.8 Å². The molecule has 10 heteroatoms. The van der Waals surface area contributed by atoms with Crippen molar-refractivity contribution in [2.75, 3.05) is 4.72 Å². The van der Waals surface area contributed by atoms with Crippen LogP contribution in [0.3, 0.4) is 0 Å². The summed E-state index contributed by atoms with van der Waals surface area (Å²) < 4.78 is 40.4. The van der Waals surface area contributed by atoms with Crippen LogP contribution in [0.15, 0.2) is 96.0 Å². The van der Waals surface area contributed by atoms with Crippen LogP contribution in [0.1, 0.15) is 51.3 Å². The number of hydrogen-bond donors (Lipinski definition) is 3. The Morgan fingerprint density at radius 2 is 1.67 bits per heavy atom. The number of hydrazine groups is 1. The van der Waals surface area contributed by atoms with E-state index in [-0.39, 0.29) is 18.1 Å². The molecule has 0 aromatic heterocycles. The van der Waals surface area contributed by atoms with E-state index >= 15 is 0 Å². The topological polar surface area (TPSA) is 114 Å². The molecule has 7 nitrogen and oxygen atoms in total. The van der Waals surface area contributed by atoms with Gasteiger partial charge in [-0.25, -0.2) is 23.8 Å². The Balaban J connectivity index is 0.00000189. The highest BCUT2D eigenvalue weighted by molar-refractivity contribution is 7.95. The second kappa shape index (κ2) is 19.4. The number of nitrogens with one attached hydrogen (secondary N) is 1. The van der Waals surface area contributed by atoms with Crippen molar-refractivity contribution >= 4 is 39.2 Å². The molecule has 5 N–H and O–H groups in total. The van der Waals surface area contributed by atoms with E-state index in [2.05, 4.69) is 16.4 Å². The number of hydrazone groups is 1. The number of amidine groups is 1. The molecule has 3 rings (SSSR count). The number of allylic oxidation sites excluding steroid dienone is 1. The van der Waals surface area contributed by atoms with E-state index in [1.165, 1.54) is 35.5 Å². The van der Waals surface area contributed by atoms with Crippen LogP contribution >= 0.6 is 11.6 Å². The summed E-state index contributed by atoms with van der Waals surface area (Å²) in [6.07, 6.45) is 3.05. The van der Waals surface area contributed by atoms with Crippen LogP contribution in [0.4, 0.5) is 10.1 Å². The minimum absolute atomic E-state index is 0.103. The summed E-state index contributed by atoms with van der Waals surface area (Å²) in [6.45, 7) is 13.5. The van der Waals surface area contributed by atoms with Crippen LogP contribution in [0.25, 0.3) is 6.08 Å². The average molecular weight is 576 g/mol. The number of nitrogens with zero attached hydrogens (tertiary/aromatic N) is 2. The molecular weight excluding hydrogens is 537 g/mol. The molecule has 0 saturated heterocycles. The Morgan fingerprint density at radius 1 is 1.05 bits per heavy atom. The number of halogens is 2. The zero-order valence-electron chi connectivity index (χ0n) is 23.1. The van der Waals surface area contributed by atoms with Crippen LogP contribution in [0.5, 0.6) is 0 Å². The minimum Gasteiger partial charge on any atom is -0.382 e. The molecule has 0 amide bonds. The van der Waals surface area contributed by atoms with Gasteiger partial charge in [0.2, 0.25) is 0 Å². The fraction of sp³-hybridized carbons (Fsp3) is 0.207. The summed E-state index contributed by atoms with van der Waals surface area (Å²) in [5.74, 6) is 5.56.